The van der Waals surface area contributed by atoms with Crippen molar-refractivity contribution >= 4 is 17.5 Å². The van der Waals surface area contributed by atoms with Crippen molar-refractivity contribution in [3.63, 3.8) is 0 Å². The van der Waals surface area contributed by atoms with Crippen LogP contribution in [0.2, 0.25) is 5.02 Å². The Morgan fingerprint density at radius 1 is 1.47 bits per heavy atom. The molecule has 1 aliphatic rings. The quantitative estimate of drug-likeness (QED) is 0.752. The minimum absolute atomic E-state index is 0.0952. The highest BCUT2D eigenvalue weighted by molar-refractivity contribution is 6.33. The van der Waals surface area contributed by atoms with Gasteiger partial charge >= 0.3 is 0 Å². The van der Waals surface area contributed by atoms with Gasteiger partial charge in [0.25, 0.3) is 5.91 Å². The third kappa shape index (κ3) is 2.60. The Kier molecular flexibility index (Phi) is 3.67. The van der Waals surface area contributed by atoms with Crippen LogP contribution in [0.25, 0.3) is 0 Å². The summed E-state index contributed by atoms with van der Waals surface area (Å²) in [5.41, 5.74) is 0.391. The van der Waals surface area contributed by atoms with E-state index < -0.39 is 5.82 Å². The van der Waals surface area contributed by atoms with Gasteiger partial charge in [-0.3, -0.25) is 4.79 Å². The summed E-state index contributed by atoms with van der Waals surface area (Å²) in [5, 5.41) is 0.188. The monoisotopic (exact) mass is 255 g/mol. The van der Waals surface area contributed by atoms with E-state index in [-0.39, 0.29) is 17.0 Å². The predicted octanol–water partition coefficient (Wildman–Crippen LogP) is 3.49. The van der Waals surface area contributed by atoms with Gasteiger partial charge in [0, 0.05) is 12.6 Å². The molecule has 0 radical (unpaired) electrons. The van der Waals surface area contributed by atoms with Crippen molar-refractivity contribution in [2.75, 3.05) is 6.54 Å². The maximum atomic E-state index is 12.9. The number of carbonyl (C=O) groups is 1. The van der Waals surface area contributed by atoms with Gasteiger partial charge in [0.2, 0.25) is 0 Å². The Morgan fingerprint density at radius 2 is 2.24 bits per heavy atom. The van der Waals surface area contributed by atoms with E-state index in [2.05, 4.69) is 0 Å². The smallest absolute Gasteiger partial charge is 0.255 e. The first-order valence-corrected chi connectivity index (χ1v) is 6.23. The molecule has 2 nitrogen and oxygen atoms in total. The maximum absolute atomic E-state index is 12.9. The predicted molar refractivity (Wildman–Crippen MR) is 65.8 cm³/mol. The van der Waals surface area contributed by atoms with Crippen LogP contribution in [0.4, 0.5) is 4.39 Å². The second-order valence-electron chi connectivity index (χ2n) is 4.47. The third-order valence-corrected chi connectivity index (χ3v) is 3.54. The number of carbonyl (C=O) groups excluding carboxylic acids is 1. The fourth-order valence-corrected chi connectivity index (χ4v) is 2.47. The molecule has 1 saturated heterocycles. The molecular weight excluding hydrogens is 241 g/mol. The molecule has 0 bridgehead atoms. The van der Waals surface area contributed by atoms with E-state index in [1.54, 1.807) is 0 Å². The van der Waals surface area contributed by atoms with Gasteiger partial charge < -0.3 is 4.90 Å². The lowest BCUT2D eigenvalue weighted by Crippen LogP contribution is -2.42. The first-order valence-electron chi connectivity index (χ1n) is 5.85. The van der Waals surface area contributed by atoms with Crippen LogP contribution in [0.3, 0.4) is 0 Å². The van der Waals surface area contributed by atoms with E-state index in [9.17, 15) is 9.18 Å². The molecule has 92 valence electrons. The van der Waals surface area contributed by atoms with Crippen molar-refractivity contribution in [1.82, 2.24) is 4.90 Å². The van der Waals surface area contributed by atoms with Crippen LogP contribution in [-0.2, 0) is 0 Å². The minimum Gasteiger partial charge on any atom is -0.336 e. The summed E-state index contributed by atoms with van der Waals surface area (Å²) in [6.07, 6.45) is 3.20. The average molecular weight is 256 g/mol. The van der Waals surface area contributed by atoms with Crippen molar-refractivity contribution < 1.29 is 9.18 Å². The summed E-state index contributed by atoms with van der Waals surface area (Å²) in [4.78, 5) is 14.1. The number of hydrogen-bond donors (Lipinski definition) is 0. The largest absolute Gasteiger partial charge is 0.336 e. The van der Waals surface area contributed by atoms with Crippen LogP contribution in [0, 0.1) is 5.82 Å². The number of likely N-dealkylation sites (tertiary alicyclic amines) is 1. The zero-order valence-electron chi connectivity index (χ0n) is 9.75. The van der Waals surface area contributed by atoms with Crippen LogP contribution in [0.1, 0.15) is 36.5 Å². The SMILES string of the molecule is C[C@H]1CCCCN1C(=O)c1ccc(F)cc1Cl. The highest BCUT2D eigenvalue weighted by Crippen LogP contribution is 2.23. The van der Waals surface area contributed by atoms with E-state index in [1.165, 1.54) is 18.2 Å². The van der Waals surface area contributed by atoms with Gasteiger partial charge in [-0.2, -0.15) is 0 Å². The minimum atomic E-state index is -0.418. The molecule has 0 N–H and O–H groups in total. The van der Waals surface area contributed by atoms with E-state index in [1.807, 2.05) is 11.8 Å². The van der Waals surface area contributed by atoms with Gasteiger partial charge in [0.05, 0.1) is 10.6 Å². The van der Waals surface area contributed by atoms with Gasteiger partial charge in [-0.15, -0.1) is 0 Å². The summed E-state index contributed by atoms with van der Waals surface area (Å²) >= 11 is 5.90. The summed E-state index contributed by atoms with van der Waals surface area (Å²) in [7, 11) is 0. The van der Waals surface area contributed by atoms with Crippen molar-refractivity contribution in [2.24, 2.45) is 0 Å². The average Bonchev–Trinajstić information content (AvgIpc) is 2.29. The lowest BCUT2D eigenvalue weighted by molar-refractivity contribution is 0.0636. The number of halogens is 2. The summed E-state index contributed by atoms with van der Waals surface area (Å²) in [6, 6.07) is 4.15. The molecule has 0 saturated carbocycles. The molecule has 4 heteroatoms. The van der Waals surface area contributed by atoms with E-state index in [0.29, 0.717) is 5.56 Å². The molecule has 0 unspecified atom stereocenters. The second kappa shape index (κ2) is 5.05. The Balaban J connectivity index is 2.24. The molecule has 1 fully saturated rings. The van der Waals surface area contributed by atoms with Gasteiger partial charge in [-0.25, -0.2) is 4.39 Å². The molecule has 0 spiro atoms. The van der Waals surface area contributed by atoms with Gasteiger partial charge in [-0.05, 0) is 44.4 Å². The van der Waals surface area contributed by atoms with E-state index in [4.69, 9.17) is 11.6 Å². The number of hydrogen-bond acceptors (Lipinski definition) is 1. The molecule has 1 aliphatic heterocycles. The number of rotatable bonds is 1. The highest BCUT2D eigenvalue weighted by Gasteiger charge is 2.25. The van der Waals surface area contributed by atoms with Gasteiger partial charge in [0.1, 0.15) is 5.82 Å². The van der Waals surface area contributed by atoms with Crippen LogP contribution < -0.4 is 0 Å². The number of amides is 1. The zero-order chi connectivity index (χ0) is 12.4. The van der Waals surface area contributed by atoms with E-state index in [0.717, 1.165) is 25.8 Å². The summed E-state index contributed by atoms with van der Waals surface area (Å²) in [6.45, 7) is 2.79. The molecule has 0 aromatic heterocycles. The van der Waals surface area contributed by atoms with Gasteiger partial charge in [0.15, 0.2) is 0 Å². The van der Waals surface area contributed by atoms with Crippen molar-refractivity contribution in [3.05, 3.63) is 34.6 Å². The Morgan fingerprint density at radius 3 is 2.88 bits per heavy atom. The molecule has 1 amide bonds. The Hall–Kier alpha value is -1.09. The lowest BCUT2D eigenvalue weighted by atomic mass is 10.0. The molecule has 1 heterocycles. The van der Waals surface area contributed by atoms with E-state index >= 15 is 0 Å². The fraction of sp³-hybridized carbons (Fsp3) is 0.462. The standard InChI is InChI=1S/C13H15ClFNO/c1-9-4-2-3-7-16(9)13(17)11-6-5-10(15)8-12(11)14/h5-6,8-9H,2-4,7H2,1H3/t9-/m0/s1. The van der Waals surface area contributed by atoms with Crippen molar-refractivity contribution in [2.45, 2.75) is 32.2 Å². The maximum Gasteiger partial charge on any atom is 0.255 e. The first-order chi connectivity index (χ1) is 8.09. The molecule has 0 aliphatic carbocycles. The molecule has 1 atom stereocenters. The Bertz CT molecular complexity index is 435. The second-order valence-corrected chi connectivity index (χ2v) is 4.87. The normalized spacial score (nSPS) is 20.4. The highest BCUT2D eigenvalue weighted by atomic mass is 35.5. The first kappa shape index (κ1) is 12.4. The molecule has 17 heavy (non-hydrogen) atoms. The topological polar surface area (TPSA) is 20.3 Å². The van der Waals surface area contributed by atoms with Crippen molar-refractivity contribution in [1.29, 1.82) is 0 Å². The molecule has 2 rings (SSSR count). The Labute approximate surface area is 105 Å². The summed E-state index contributed by atoms with van der Waals surface area (Å²) < 4.78 is 12.9. The van der Waals surface area contributed by atoms with Gasteiger partial charge in [-0.1, -0.05) is 11.6 Å². The van der Waals surface area contributed by atoms with Crippen LogP contribution >= 0.6 is 11.6 Å². The number of benzene rings is 1. The lowest BCUT2D eigenvalue weighted by Gasteiger charge is -2.33. The fourth-order valence-electron chi connectivity index (χ4n) is 2.22. The number of piperidine rings is 1. The van der Waals surface area contributed by atoms with Crippen molar-refractivity contribution in [3.8, 4) is 0 Å². The zero-order valence-corrected chi connectivity index (χ0v) is 10.5. The van der Waals surface area contributed by atoms with Crippen LogP contribution in [-0.4, -0.2) is 23.4 Å². The molecular formula is C13H15ClFNO. The third-order valence-electron chi connectivity index (χ3n) is 3.23. The molecule has 1 aromatic rings. The van der Waals surface area contributed by atoms with Crippen LogP contribution in [0.15, 0.2) is 18.2 Å². The number of nitrogens with zero attached hydrogens (tertiary/aromatic N) is 1. The van der Waals surface area contributed by atoms with Crippen LogP contribution in [0.5, 0.6) is 0 Å². The summed E-state index contributed by atoms with van der Waals surface area (Å²) in [5.74, 6) is -0.513. The molecule has 1 aromatic carbocycles.